The summed E-state index contributed by atoms with van der Waals surface area (Å²) >= 11 is 0. The van der Waals surface area contributed by atoms with Crippen molar-refractivity contribution < 1.29 is 9.53 Å². The number of hydrogen-bond acceptors (Lipinski definition) is 2. The fraction of sp³-hybridized carbons (Fsp3) is 0.409. The van der Waals surface area contributed by atoms with Gasteiger partial charge in [0.2, 0.25) is 0 Å². The topological polar surface area (TPSA) is 38.3 Å². The molecule has 130 valence electrons. The average molecular weight is 335 g/mol. The van der Waals surface area contributed by atoms with Crippen LogP contribution in [0.4, 0.5) is 0 Å². The summed E-state index contributed by atoms with van der Waals surface area (Å²) in [6.07, 6.45) is 8.04. The molecule has 0 spiro atoms. The average Bonchev–Trinajstić information content (AvgIpc) is 2.66. The maximum absolute atomic E-state index is 12.3. The quantitative estimate of drug-likeness (QED) is 0.912. The summed E-state index contributed by atoms with van der Waals surface area (Å²) < 4.78 is 5.75. The Morgan fingerprint density at radius 3 is 2.68 bits per heavy atom. The maximum atomic E-state index is 12.3. The summed E-state index contributed by atoms with van der Waals surface area (Å²) in [5.41, 5.74) is 5.43. The van der Waals surface area contributed by atoms with E-state index in [0.29, 0.717) is 0 Å². The van der Waals surface area contributed by atoms with Gasteiger partial charge in [0.25, 0.3) is 5.91 Å². The highest BCUT2D eigenvalue weighted by atomic mass is 16.5. The maximum Gasteiger partial charge on any atom is 0.258 e. The number of ether oxygens (including phenoxy) is 1. The van der Waals surface area contributed by atoms with Crippen LogP contribution in [0.2, 0.25) is 0 Å². The molecule has 4 rings (SSSR count). The molecule has 0 heterocycles. The van der Waals surface area contributed by atoms with E-state index < -0.39 is 0 Å². The molecule has 1 N–H and O–H groups in total. The molecule has 1 amide bonds. The van der Waals surface area contributed by atoms with Crippen LogP contribution in [0, 0.1) is 0 Å². The van der Waals surface area contributed by atoms with Gasteiger partial charge >= 0.3 is 0 Å². The van der Waals surface area contributed by atoms with E-state index in [9.17, 15) is 4.79 Å². The van der Waals surface area contributed by atoms with Crippen LogP contribution in [0.3, 0.4) is 0 Å². The number of benzene rings is 2. The van der Waals surface area contributed by atoms with Gasteiger partial charge in [0, 0.05) is 0 Å². The number of aryl methyl sites for hydroxylation is 3. The Morgan fingerprint density at radius 2 is 1.76 bits per heavy atom. The van der Waals surface area contributed by atoms with E-state index in [0.717, 1.165) is 37.9 Å². The standard InChI is InChI=1S/C22H25NO2/c24-22(23-21-11-5-9-17-7-3-4-10-20(17)21)15-25-19-13-12-16-6-1-2-8-18(16)14-19/h3-4,7,10,12-14,21H,1-2,5-6,8-9,11,15H2,(H,23,24)/t21-/m1/s1. The minimum Gasteiger partial charge on any atom is -0.484 e. The van der Waals surface area contributed by atoms with Gasteiger partial charge in [-0.2, -0.15) is 0 Å². The van der Waals surface area contributed by atoms with Crippen LogP contribution in [0.25, 0.3) is 0 Å². The van der Waals surface area contributed by atoms with Crippen LogP contribution in [0.15, 0.2) is 42.5 Å². The van der Waals surface area contributed by atoms with Crippen molar-refractivity contribution >= 4 is 5.91 Å². The Kier molecular flexibility index (Phi) is 4.73. The Balaban J connectivity index is 1.36. The first-order chi connectivity index (χ1) is 12.3. The van der Waals surface area contributed by atoms with Gasteiger partial charge in [-0.1, -0.05) is 30.3 Å². The molecule has 0 saturated carbocycles. The van der Waals surface area contributed by atoms with Crippen molar-refractivity contribution in [3.05, 3.63) is 64.7 Å². The summed E-state index contributed by atoms with van der Waals surface area (Å²) in [5, 5.41) is 3.14. The number of nitrogens with one attached hydrogen (secondary N) is 1. The first kappa shape index (κ1) is 16.2. The number of hydrogen-bond donors (Lipinski definition) is 1. The molecule has 1 atom stereocenters. The molecule has 2 aromatic carbocycles. The van der Waals surface area contributed by atoms with Crippen molar-refractivity contribution in [2.75, 3.05) is 6.61 Å². The number of rotatable bonds is 4. The molecular weight excluding hydrogens is 310 g/mol. The Morgan fingerprint density at radius 1 is 0.960 bits per heavy atom. The summed E-state index contributed by atoms with van der Waals surface area (Å²) in [5.74, 6) is 0.763. The van der Waals surface area contributed by atoms with Crippen molar-refractivity contribution in [3.63, 3.8) is 0 Å². The summed E-state index contributed by atoms with van der Waals surface area (Å²) in [4.78, 5) is 12.3. The smallest absolute Gasteiger partial charge is 0.258 e. The van der Waals surface area contributed by atoms with Crippen LogP contribution in [-0.4, -0.2) is 12.5 Å². The Bertz CT molecular complexity index is 768. The van der Waals surface area contributed by atoms with E-state index in [2.05, 4.69) is 35.6 Å². The largest absolute Gasteiger partial charge is 0.484 e. The zero-order chi connectivity index (χ0) is 17.1. The number of fused-ring (bicyclic) bond motifs is 2. The van der Waals surface area contributed by atoms with Crippen LogP contribution in [-0.2, 0) is 24.1 Å². The molecule has 0 aliphatic heterocycles. The van der Waals surface area contributed by atoms with Gasteiger partial charge in [0.1, 0.15) is 5.75 Å². The van der Waals surface area contributed by atoms with Gasteiger partial charge in [0.15, 0.2) is 6.61 Å². The number of carbonyl (C=O) groups excluding carboxylic acids is 1. The normalized spacial score (nSPS) is 18.8. The van der Waals surface area contributed by atoms with Gasteiger partial charge in [-0.05, 0) is 79.3 Å². The van der Waals surface area contributed by atoms with Crippen molar-refractivity contribution in [1.29, 1.82) is 0 Å². The third-order valence-corrected chi connectivity index (χ3v) is 5.39. The van der Waals surface area contributed by atoms with Crippen molar-refractivity contribution in [2.24, 2.45) is 0 Å². The van der Waals surface area contributed by atoms with Crippen molar-refractivity contribution in [3.8, 4) is 5.75 Å². The molecule has 0 saturated heterocycles. The second-order valence-corrected chi connectivity index (χ2v) is 7.14. The third kappa shape index (κ3) is 3.71. The van der Waals surface area contributed by atoms with E-state index in [1.807, 2.05) is 12.1 Å². The fourth-order valence-electron chi connectivity index (χ4n) is 4.09. The SMILES string of the molecule is O=C(COc1ccc2c(c1)CCCC2)N[C@@H]1CCCc2ccccc21. The number of amides is 1. The van der Waals surface area contributed by atoms with E-state index >= 15 is 0 Å². The predicted molar refractivity (Wildman–Crippen MR) is 98.8 cm³/mol. The molecule has 0 bridgehead atoms. The molecular formula is C22H25NO2. The minimum atomic E-state index is -0.0422. The predicted octanol–water partition coefficient (Wildman–Crippen LogP) is 4.14. The Hall–Kier alpha value is -2.29. The lowest BCUT2D eigenvalue weighted by atomic mass is 9.88. The van der Waals surface area contributed by atoms with Gasteiger partial charge in [-0.25, -0.2) is 0 Å². The van der Waals surface area contributed by atoms with Crippen LogP contribution < -0.4 is 10.1 Å². The molecule has 25 heavy (non-hydrogen) atoms. The van der Waals surface area contributed by atoms with Crippen LogP contribution >= 0.6 is 0 Å². The number of carbonyl (C=O) groups is 1. The third-order valence-electron chi connectivity index (χ3n) is 5.39. The Labute approximate surface area is 149 Å². The molecule has 3 heteroatoms. The zero-order valence-corrected chi connectivity index (χ0v) is 14.6. The van der Waals surface area contributed by atoms with Gasteiger partial charge in [-0.15, -0.1) is 0 Å². The van der Waals surface area contributed by atoms with E-state index in [1.54, 1.807) is 0 Å². The van der Waals surface area contributed by atoms with Crippen LogP contribution in [0.5, 0.6) is 5.75 Å². The molecule has 0 unspecified atom stereocenters. The molecule has 2 aromatic rings. The van der Waals surface area contributed by atoms with E-state index in [-0.39, 0.29) is 18.6 Å². The van der Waals surface area contributed by atoms with Gasteiger partial charge in [0.05, 0.1) is 6.04 Å². The van der Waals surface area contributed by atoms with Gasteiger partial charge < -0.3 is 10.1 Å². The monoisotopic (exact) mass is 335 g/mol. The highest BCUT2D eigenvalue weighted by Crippen LogP contribution is 2.29. The molecule has 0 fully saturated rings. The fourth-order valence-corrected chi connectivity index (χ4v) is 4.09. The lowest BCUT2D eigenvalue weighted by Crippen LogP contribution is -2.34. The van der Waals surface area contributed by atoms with Crippen LogP contribution in [0.1, 0.15) is 54.0 Å². The van der Waals surface area contributed by atoms with Gasteiger partial charge in [-0.3, -0.25) is 4.79 Å². The molecule has 0 aromatic heterocycles. The molecule has 3 nitrogen and oxygen atoms in total. The summed E-state index contributed by atoms with van der Waals surface area (Å²) in [6.45, 7) is 0.0808. The minimum absolute atomic E-state index is 0.0422. The lowest BCUT2D eigenvalue weighted by molar-refractivity contribution is -0.123. The lowest BCUT2D eigenvalue weighted by Gasteiger charge is -2.26. The molecule has 2 aliphatic rings. The second kappa shape index (κ2) is 7.30. The summed E-state index contributed by atoms with van der Waals surface area (Å²) in [6, 6.07) is 14.8. The van der Waals surface area contributed by atoms with Crippen molar-refractivity contribution in [2.45, 2.75) is 51.0 Å². The first-order valence-electron chi connectivity index (χ1n) is 9.41. The first-order valence-corrected chi connectivity index (χ1v) is 9.41. The molecule has 0 radical (unpaired) electrons. The highest BCUT2D eigenvalue weighted by molar-refractivity contribution is 5.78. The summed E-state index contributed by atoms with van der Waals surface area (Å²) in [7, 11) is 0. The van der Waals surface area contributed by atoms with E-state index in [1.165, 1.54) is 35.1 Å². The highest BCUT2D eigenvalue weighted by Gasteiger charge is 2.21. The van der Waals surface area contributed by atoms with Crippen molar-refractivity contribution in [1.82, 2.24) is 5.32 Å². The zero-order valence-electron chi connectivity index (χ0n) is 14.6. The van der Waals surface area contributed by atoms with E-state index in [4.69, 9.17) is 4.74 Å². The molecule has 2 aliphatic carbocycles. The second-order valence-electron chi connectivity index (χ2n) is 7.14.